The van der Waals surface area contributed by atoms with E-state index in [9.17, 15) is 9.90 Å². The van der Waals surface area contributed by atoms with Gasteiger partial charge in [-0.15, -0.1) is 0 Å². The van der Waals surface area contributed by atoms with Gasteiger partial charge in [-0.05, 0) is 28.1 Å². The maximum absolute atomic E-state index is 10.9. The second-order valence-corrected chi connectivity index (χ2v) is 6.26. The molecule has 1 fully saturated rings. The van der Waals surface area contributed by atoms with E-state index in [-0.39, 0.29) is 6.61 Å². The molecule has 26 heavy (non-hydrogen) atoms. The minimum atomic E-state index is -1.16. The van der Waals surface area contributed by atoms with E-state index in [4.69, 9.17) is 9.47 Å². The fourth-order valence-corrected chi connectivity index (χ4v) is 2.75. The third-order valence-corrected chi connectivity index (χ3v) is 4.14. The number of aromatic nitrogens is 3. The second-order valence-electron chi connectivity index (χ2n) is 5.45. The Morgan fingerprint density at radius 1 is 1.19 bits per heavy atom. The van der Waals surface area contributed by atoms with Crippen LogP contribution in [0, 0.1) is 0 Å². The molecule has 0 unspecified atom stereocenters. The van der Waals surface area contributed by atoms with E-state index < -0.39 is 6.09 Å². The molecule has 0 saturated carbocycles. The van der Waals surface area contributed by atoms with Crippen molar-refractivity contribution in [1.29, 1.82) is 0 Å². The molecule has 1 saturated heterocycles. The van der Waals surface area contributed by atoms with E-state index in [2.05, 4.69) is 30.9 Å². The standard InChI is InChI=1S/C16H18BrN5O4/c17-13-11-19-14(21-4-6-22(7-5-21)16(23)24)15(20-13)26-9-8-25-12-2-1-3-18-10-12/h1-3,10-11H,4-9H2,(H,23,24)/p-1. The van der Waals surface area contributed by atoms with Crippen LogP contribution < -0.4 is 19.5 Å². The molecule has 1 aliphatic heterocycles. The van der Waals surface area contributed by atoms with Crippen molar-refractivity contribution in [3.05, 3.63) is 35.3 Å². The number of carbonyl (C=O) groups excluding carboxylic acids is 1. The molecular formula is C16H17BrN5O4-. The molecule has 0 radical (unpaired) electrons. The molecule has 3 heterocycles. The fraction of sp³-hybridized carbons (Fsp3) is 0.375. The molecule has 2 aromatic heterocycles. The summed E-state index contributed by atoms with van der Waals surface area (Å²) in [6.45, 7) is 2.30. The highest BCUT2D eigenvalue weighted by Gasteiger charge is 2.22. The molecule has 0 aromatic carbocycles. The van der Waals surface area contributed by atoms with Gasteiger partial charge in [-0.2, -0.15) is 0 Å². The third-order valence-electron chi connectivity index (χ3n) is 3.76. The fourth-order valence-electron chi connectivity index (χ4n) is 2.49. The van der Waals surface area contributed by atoms with Crippen LogP contribution in [0.25, 0.3) is 0 Å². The Kier molecular flexibility index (Phi) is 6.05. The number of carbonyl (C=O) groups is 1. The Morgan fingerprint density at radius 2 is 1.96 bits per heavy atom. The van der Waals surface area contributed by atoms with Crippen LogP contribution in [0.5, 0.6) is 11.6 Å². The summed E-state index contributed by atoms with van der Waals surface area (Å²) in [6, 6.07) is 3.61. The molecule has 9 nitrogen and oxygen atoms in total. The number of carboxylic acid groups (broad SMARTS) is 1. The molecular weight excluding hydrogens is 406 g/mol. The normalized spacial score (nSPS) is 14.2. The van der Waals surface area contributed by atoms with Gasteiger partial charge in [0.15, 0.2) is 5.82 Å². The van der Waals surface area contributed by atoms with Crippen molar-refractivity contribution < 1.29 is 19.4 Å². The van der Waals surface area contributed by atoms with Gasteiger partial charge in [0.25, 0.3) is 5.88 Å². The molecule has 0 atom stereocenters. The van der Waals surface area contributed by atoms with Gasteiger partial charge in [-0.25, -0.2) is 9.97 Å². The average Bonchev–Trinajstić information content (AvgIpc) is 2.66. The van der Waals surface area contributed by atoms with E-state index in [0.29, 0.717) is 54.8 Å². The quantitative estimate of drug-likeness (QED) is 0.621. The van der Waals surface area contributed by atoms with Gasteiger partial charge in [0.05, 0.1) is 12.4 Å². The maximum atomic E-state index is 10.9. The molecule has 0 bridgehead atoms. The maximum Gasteiger partial charge on any atom is 0.258 e. The zero-order valence-electron chi connectivity index (χ0n) is 13.9. The number of hydrogen-bond donors (Lipinski definition) is 0. The monoisotopic (exact) mass is 422 g/mol. The summed E-state index contributed by atoms with van der Waals surface area (Å²) in [6.07, 6.45) is 3.73. The van der Waals surface area contributed by atoms with E-state index in [1.54, 1.807) is 24.7 Å². The molecule has 10 heteroatoms. The zero-order valence-corrected chi connectivity index (χ0v) is 15.5. The number of hydrogen-bond acceptors (Lipinski definition) is 8. The van der Waals surface area contributed by atoms with Crippen molar-refractivity contribution in [3.8, 4) is 11.6 Å². The Bertz CT molecular complexity index is 741. The van der Waals surface area contributed by atoms with Crippen molar-refractivity contribution in [3.63, 3.8) is 0 Å². The molecule has 2 aromatic rings. The summed E-state index contributed by atoms with van der Waals surface area (Å²) < 4.78 is 11.8. The number of nitrogens with zero attached hydrogens (tertiary/aromatic N) is 5. The van der Waals surface area contributed by atoms with Crippen LogP contribution in [0.1, 0.15) is 0 Å². The smallest absolute Gasteiger partial charge is 0.258 e. The molecule has 138 valence electrons. The van der Waals surface area contributed by atoms with Crippen molar-refractivity contribution in [2.45, 2.75) is 0 Å². The highest BCUT2D eigenvalue weighted by Crippen LogP contribution is 2.26. The first-order valence-corrected chi connectivity index (χ1v) is 8.82. The van der Waals surface area contributed by atoms with Crippen LogP contribution in [0.4, 0.5) is 10.6 Å². The van der Waals surface area contributed by atoms with Crippen molar-refractivity contribution in [2.24, 2.45) is 0 Å². The number of rotatable bonds is 6. The minimum absolute atomic E-state index is 0.284. The number of halogens is 1. The van der Waals surface area contributed by atoms with E-state index in [1.807, 2.05) is 11.0 Å². The SMILES string of the molecule is O=C([O-])N1CCN(c2ncc(Br)nc2OCCOc2cccnc2)CC1. The molecule has 3 rings (SSSR count). The Balaban J connectivity index is 1.58. The summed E-state index contributed by atoms with van der Waals surface area (Å²) in [5.41, 5.74) is 0. The predicted octanol–water partition coefficient (Wildman–Crippen LogP) is 0.557. The van der Waals surface area contributed by atoms with Crippen LogP contribution in [0.3, 0.4) is 0 Å². The average molecular weight is 423 g/mol. The summed E-state index contributed by atoms with van der Waals surface area (Å²) in [7, 11) is 0. The van der Waals surface area contributed by atoms with Gasteiger partial charge in [0.2, 0.25) is 0 Å². The Morgan fingerprint density at radius 3 is 2.65 bits per heavy atom. The first kappa shape index (κ1) is 18.2. The zero-order chi connectivity index (χ0) is 18.4. The van der Waals surface area contributed by atoms with Gasteiger partial charge in [-0.3, -0.25) is 4.98 Å². The highest BCUT2D eigenvalue weighted by molar-refractivity contribution is 9.10. The molecule has 1 aliphatic rings. The van der Waals surface area contributed by atoms with Gasteiger partial charge in [0.1, 0.15) is 29.7 Å². The highest BCUT2D eigenvalue weighted by atomic mass is 79.9. The summed E-state index contributed by atoms with van der Waals surface area (Å²) >= 11 is 3.29. The molecule has 0 spiro atoms. The molecule has 0 N–H and O–H groups in total. The van der Waals surface area contributed by atoms with Crippen LogP contribution in [0.2, 0.25) is 0 Å². The van der Waals surface area contributed by atoms with Crippen molar-refractivity contribution in [2.75, 3.05) is 44.3 Å². The third kappa shape index (κ3) is 4.72. The second kappa shape index (κ2) is 8.65. The number of ether oxygens (including phenoxy) is 2. The van der Waals surface area contributed by atoms with Crippen molar-refractivity contribution >= 4 is 27.8 Å². The minimum Gasteiger partial charge on any atom is -0.530 e. The van der Waals surface area contributed by atoms with Crippen LogP contribution in [-0.4, -0.2) is 65.3 Å². The van der Waals surface area contributed by atoms with Crippen LogP contribution in [-0.2, 0) is 0 Å². The summed E-state index contributed by atoms with van der Waals surface area (Å²) in [4.78, 5) is 26.8. The summed E-state index contributed by atoms with van der Waals surface area (Å²) in [5.74, 6) is 1.61. The van der Waals surface area contributed by atoms with Crippen LogP contribution in [0.15, 0.2) is 35.3 Å². The number of amides is 1. The van der Waals surface area contributed by atoms with Gasteiger partial charge in [-0.1, -0.05) is 0 Å². The lowest BCUT2D eigenvalue weighted by Gasteiger charge is -2.36. The van der Waals surface area contributed by atoms with Gasteiger partial charge >= 0.3 is 0 Å². The number of pyridine rings is 1. The Labute approximate surface area is 158 Å². The lowest BCUT2D eigenvalue weighted by Crippen LogP contribution is -2.53. The number of piperazine rings is 1. The number of anilines is 1. The lowest BCUT2D eigenvalue weighted by atomic mass is 10.3. The topological polar surface area (TPSA) is 104 Å². The van der Waals surface area contributed by atoms with E-state index >= 15 is 0 Å². The molecule has 0 aliphatic carbocycles. The first-order valence-electron chi connectivity index (χ1n) is 8.02. The lowest BCUT2D eigenvalue weighted by molar-refractivity contribution is -0.265. The van der Waals surface area contributed by atoms with E-state index in [1.165, 1.54) is 4.90 Å². The van der Waals surface area contributed by atoms with Crippen LogP contribution >= 0.6 is 15.9 Å². The van der Waals surface area contributed by atoms with Crippen molar-refractivity contribution in [1.82, 2.24) is 19.9 Å². The van der Waals surface area contributed by atoms with E-state index in [0.717, 1.165) is 0 Å². The van der Waals surface area contributed by atoms with Gasteiger partial charge < -0.3 is 29.2 Å². The Hall–Kier alpha value is -2.62. The first-order chi connectivity index (χ1) is 12.6. The molecule has 1 amide bonds. The predicted molar refractivity (Wildman–Crippen MR) is 94.1 cm³/mol. The van der Waals surface area contributed by atoms with Gasteiger partial charge in [0, 0.05) is 32.4 Å². The summed E-state index contributed by atoms with van der Waals surface area (Å²) in [5, 5.41) is 10.9. The largest absolute Gasteiger partial charge is 0.530 e.